The van der Waals surface area contributed by atoms with Crippen LogP contribution >= 0.6 is 0 Å². The van der Waals surface area contributed by atoms with Gasteiger partial charge in [0.1, 0.15) is 12.7 Å². The van der Waals surface area contributed by atoms with E-state index in [1.807, 2.05) is 24.3 Å². The second-order valence-electron chi connectivity index (χ2n) is 7.77. The molecule has 0 spiro atoms. The predicted octanol–water partition coefficient (Wildman–Crippen LogP) is 2.91. The van der Waals surface area contributed by atoms with Crippen LogP contribution in [0.3, 0.4) is 0 Å². The van der Waals surface area contributed by atoms with E-state index in [-0.39, 0.29) is 31.9 Å². The summed E-state index contributed by atoms with van der Waals surface area (Å²) < 4.78 is 10.6. The maximum absolute atomic E-state index is 12.2. The molecule has 0 saturated heterocycles. The lowest BCUT2D eigenvalue weighted by molar-refractivity contribution is -0.138. The molecule has 0 bridgehead atoms. The zero-order valence-electron chi connectivity index (χ0n) is 18.2. The Bertz CT molecular complexity index is 931. The lowest BCUT2D eigenvalue weighted by Crippen LogP contribution is -2.43. The molecule has 0 heterocycles. The number of aliphatic carboxylic acids is 1. The van der Waals surface area contributed by atoms with Gasteiger partial charge in [-0.15, -0.1) is 0 Å². The second kappa shape index (κ2) is 10.8. The molecule has 3 N–H and O–H groups in total. The molecular weight excluding hydrogens is 412 g/mol. The van der Waals surface area contributed by atoms with Crippen LogP contribution in [-0.4, -0.2) is 55.5 Å². The summed E-state index contributed by atoms with van der Waals surface area (Å²) in [5.41, 5.74) is 4.58. The van der Waals surface area contributed by atoms with Crippen molar-refractivity contribution < 1.29 is 29.0 Å². The monoisotopic (exact) mass is 440 g/mol. The van der Waals surface area contributed by atoms with Crippen molar-refractivity contribution in [3.05, 3.63) is 59.7 Å². The van der Waals surface area contributed by atoms with Gasteiger partial charge in [0.25, 0.3) is 0 Å². The average molecular weight is 440 g/mol. The van der Waals surface area contributed by atoms with Crippen LogP contribution < -0.4 is 10.6 Å². The van der Waals surface area contributed by atoms with E-state index in [0.29, 0.717) is 0 Å². The minimum Gasteiger partial charge on any atom is -0.481 e. The van der Waals surface area contributed by atoms with E-state index in [1.165, 1.54) is 7.11 Å². The first-order chi connectivity index (χ1) is 15.4. The first-order valence-corrected chi connectivity index (χ1v) is 10.5. The Morgan fingerprint density at radius 3 is 2.19 bits per heavy atom. The smallest absolute Gasteiger partial charge is 0.407 e. The van der Waals surface area contributed by atoms with Gasteiger partial charge in [-0.05, 0) is 29.2 Å². The molecule has 2 amide bonds. The first-order valence-electron chi connectivity index (χ1n) is 10.5. The topological polar surface area (TPSA) is 114 Å². The van der Waals surface area contributed by atoms with Gasteiger partial charge < -0.3 is 25.2 Å². The number of carbonyl (C=O) groups is 3. The number of rotatable bonds is 10. The molecule has 0 saturated carbocycles. The minimum atomic E-state index is -0.997. The summed E-state index contributed by atoms with van der Waals surface area (Å²) in [4.78, 5) is 35.2. The van der Waals surface area contributed by atoms with Gasteiger partial charge in [-0.1, -0.05) is 48.5 Å². The fraction of sp³-hybridized carbons (Fsp3) is 0.375. The summed E-state index contributed by atoms with van der Waals surface area (Å²) in [6, 6.07) is 15.7. The van der Waals surface area contributed by atoms with Crippen molar-refractivity contribution >= 4 is 18.0 Å². The molecule has 1 unspecified atom stereocenters. The van der Waals surface area contributed by atoms with E-state index in [4.69, 9.17) is 14.6 Å². The van der Waals surface area contributed by atoms with Gasteiger partial charge in [0, 0.05) is 32.0 Å². The van der Waals surface area contributed by atoms with E-state index < -0.39 is 30.1 Å². The highest BCUT2D eigenvalue weighted by atomic mass is 16.5. The van der Waals surface area contributed by atoms with Gasteiger partial charge in [0.15, 0.2) is 0 Å². The fourth-order valence-electron chi connectivity index (χ4n) is 3.96. The number of carboxylic acids is 1. The number of hydrogen-bond acceptors (Lipinski definition) is 5. The normalized spacial score (nSPS) is 14.1. The molecule has 3 rings (SSSR count). The predicted molar refractivity (Wildman–Crippen MR) is 118 cm³/mol. The Hall–Kier alpha value is -3.39. The number of amides is 2. The lowest BCUT2D eigenvalue weighted by Gasteiger charge is -2.19. The van der Waals surface area contributed by atoms with Gasteiger partial charge >= 0.3 is 12.1 Å². The maximum atomic E-state index is 12.2. The number of nitrogens with one attached hydrogen (secondary N) is 2. The summed E-state index contributed by atoms with van der Waals surface area (Å²) in [5, 5.41) is 14.0. The molecule has 0 aliphatic heterocycles. The van der Waals surface area contributed by atoms with Crippen LogP contribution in [0.5, 0.6) is 0 Å². The number of benzene rings is 2. The highest BCUT2D eigenvalue weighted by molar-refractivity contribution is 5.82. The van der Waals surface area contributed by atoms with E-state index >= 15 is 0 Å². The third-order valence-electron chi connectivity index (χ3n) is 5.47. The summed E-state index contributed by atoms with van der Waals surface area (Å²) >= 11 is 0. The summed E-state index contributed by atoms with van der Waals surface area (Å²) in [6.45, 7) is 1.99. The molecule has 0 radical (unpaired) electrons. The average Bonchev–Trinajstić information content (AvgIpc) is 3.08. The molecule has 1 aliphatic carbocycles. The molecule has 8 heteroatoms. The molecular formula is C24H28N2O6. The zero-order chi connectivity index (χ0) is 23.1. The number of hydrogen-bond donors (Lipinski definition) is 3. The number of alkyl carbamates (subject to hydrolysis) is 1. The zero-order valence-corrected chi connectivity index (χ0v) is 18.2. The number of carboxylic acid groups (broad SMARTS) is 1. The number of carbonyl (C=O) groups excluding carboxylic acids is 2. The van der Waals surface area contributed by atoms with Gasteiger partial charge in [-0.2, -0.15) is 0 Å². The number of methoxy groups -OCH3 is 1. The van der Waals surface area contributed by atoms with Crippen LogP contribution in [0.25, 0.3) is 11.1 Å². The van der Waals surface area contributed by atoms with Crippen molar-refractivity contribution in [3.63, 3.8) is 0 Å². The van der Waals surface area contributed by atoms with Crippen LogP contribution in [0, 0.1) is 0 Å². The Morgan fingerprint density at radius 1 is 1.03 bits per heavy atom. The standard InChI is InChI=1S/C24H28N2O6/c1-15(13-22(27)28)26-23(29)21(31-2)11-12-25-24(30)32-14-20-18-9-5-3-7-16(18)17-8-4-6-10-19(17)20/h3-10,15,20-21H,11-14H2,1-2H3,(H,25,30)(H,26,29)(H,27,28)/t15-,21?/m0/s1. The largest absolute Gasteiger partial charge is 0.481 e. The fourth-order valence-corrected chi connectivity index (χ4v) is 3.96. The Morgan fingerprint density at radius 2 is 1.62 bits per heavy atom. The summed E-state index contributed by atoms with van der Waals surface area (Å²) in [5.74, 6) is -1.44. The third-order valence-corrected chi connectivity index (χ3v) is 5.47. The lowest BCUT2D eigenvalue weighted by atomic mass is 9.98. The number of fused-ring (bicyclic) bond motifs is 3. The molecule has 2 aromatic rings. The van der Waals surface area contributed by atoms with Crippen LogP contribution in [-0.2, 0) is 19.1 Å². The van der Waals surface area contributed by atoms with E-state index in [9.17, 15) is 14.4 Å². The highest BCUT2D eigenvalue weighted by Gasteiger charge is 2.29. The Labute approximate surface area is 186 Å². The maximum Gasteiger partial charge on any atom is 0.407 e. The molecule has 0 fully saturated rings. The van der Waals surface area contributed by atoms with Crippen molar-refractivity contribution in [3.8, 4) is 11.1 Å². The van der Waals surface area contributed by atoms with Crippen molar-refractivity contribution in [1.82, 2.24) is 10.6 Å². The summed E-state index contributed by atoms with van der Waals surface area (Å²) in [7, 11) is 1.39. The summed E-state index contributed by atoms with van der Waals surface area (Å²) in [6.07, 6.45) is -1.33. The van der Waals surface area contributed by atoms with Crippen molar-refractivity contribution in [1.29, 1.82) is 0 Å². The Kier molecular flexibility index (Phi) is 7.83. The molecule has 0 aromatic heterocycles. The van der Waals surface area contributed by atoms with Gasteiger partial charge in [-0.3, -0.25) is 9.59 Å². The van der Waals surface area contributed by atoms with Crippen molar-refractivity contribution in [2.24, 2.45) is 0 Å². The Balaban J connectivity index is 1.47. The van der Waals surface area contributed by atoms with Crippen LogP contribution in [0.1, 0.15) is 36.8 Å². The molecule has 1 aliphatic rings. The quantitative estimate of drug-likeness (QED) is 0.524. The van der Waals surface area contributed by atoms with E-state index in [0.717, 1.165) is 22.3 Å². The number of ether oxygens (including phenoxy) is 2. The molecule has 32 heavy (non-hydrogen) atoms. The second-order valence-corrected chi connectivity index (χ2v) is 7.77. The molecule has 2 atom stereocenters. The van der Waals surface area contributed by atoms with Crippen LogP contribution in [0.2, 0.25) is 0 Å². The van der Waals surface area contributed by atoms with E-state index in [2.05, 4.69) is 34.9 Å². The van der Waals surface area contributed by atoms with Crippen LogP contribution in [0.15, 0.2) is 48.5 Å². The SMILES string of the molecule is COC(CCNC(=O)OCC1c2ccccc2-c2ccccc21)C(=O)N[C@@H](C)CC(=O)O. The van der Waals surface area contributed by atoms with Gasteiger partial charge in [0.2, 0.25) is 5.91 Å². The molecule has 8 nitrogen and oxygen atoms in total. The van der Waals surface area contributed by atoms with Crippen molar-refractivity contribution in [2.75, 3.05) is 20.3 Å². The van der Waals surface area contributed by atoms with Gasteiger partial charge in [-0.25, -0.2) is 4.79 Å². The third kappa shape index (κ3) is 5.64. The minimum absolute atomic E-state index is 0.0265. The first kappa shape index (κ1) is 23.3. The van der Waals surface area contributed by atoms with Crippen molar-refractivity contribution in [2.45, 2.75) is 37.8 Å². The highest BCUT2D eigenvalue weighted by Crippen LogP contribution is 2.44. The van der Waals surface area contributed by atoms with Crippen LogP contribution in [0.4, 0.5) is 4.79 Å². The molecule has 2 aromatic carbocycles. The van der Waals surface area contributed by atoms with Gasteiger partial charge in [0.05, 0.1) is 6.42 Å². The van der Waals surface area contributed by atoms with E-state index in [1.54, 1.807) is 6.92 Å². The molecule has 170 valence electrons.